The lowest BCUT2D eigenvalue weighted by molar-refractivity contribution is -0.130. The van der Waals surface area contributed by atoms with E-state index in [9.17, 15) is 22.4 Å². The lowest BCUT2D eigenvalue weighted by Gasteiger charge is -2.37. The highest BCUT2D eigenvalue weighted by Gasteiger charge is 2.37. The molecule has 35 heavy (non-hydrogen) atoms. The van der Waals surface area contributed by atoms with Gasteiger partial charge >= 0.3 is 0 Å². The highest BCUT2D eigenvalue weighted by molar-refractivity contribution is 7.90. The Bertz CT molecular complexity index is 1410. The normalized spacial score (nSPS) is 14.9. The average molecular weight is 563 g/mol. The maximum atomic E-state index is 13.9. The predicted octanol–water partition coefficient (Wildman–Crippen LogP) is 3.86. The third kappa shape index (κ3) is 4.80. The van der Waals surface area contributed by atoms with Crippen molar-refractivity contribution in [1.82, 2.24) is 8.87 Å². The van der Waals surface area contributed by atoms with Crippen LogP contribution in [0.25, 0.3) is 10.9 Å². The van der Waals surface area contributed by atoms with Gasteiger partial charge in [0.1, 0.15) is 11.6 Å². The summed E-state index contributed by atoms with van der Waals surface area (Å²) >= 11 is 17.1. The summed E-state index contributed by atoms with van der Waals surface area (Å²) in [5.41, 5.74) is 0.642. The van der Waals surface area contributed by atoms with Gasteiger partial charge < -0.3 is 14.5 Å². The number of fused-ring (bicyclic) bond motifs is 1. The number of benzene rings is 2. The molecule has 1 aromatic heterocycles. The van der Waals surface area contributed by atoms with E-state index in [0.29, 0.717) is 36.2 Å². The van der Waals surface area contributed by atoms with Crippen molar-refractivity contribution in [1.29, 1.82) is 0 Å². The summed E-state index contributed by atoms with van der Waals surface area (Å²) in [6.45, 7) is 1.16. The Hall–Kier alpha value is -2.53. The fraction of sp³-hybridized carbons (Fsp3) is 0.273. The van der Waals surface area contributed by atoms with E-state index in [2.05, 4.69) is 0 Å². The molecule has 2 heterocycles. The number of carbonyl (C=O) groups is 2. The van der Waals surface area contributed by atoms with Crippen LogP contribution in [0.4, 0.5) is 10.1 Å². The number of alkyl halides is 3. The number of nitrogens with zero attached hydrogens (tertiary/aromatic N) is 3. The number of amides is 1. The Kier molecular flexibility index (Phi) is 6.93. The van der Waals surface area contributed by atoms with Crippen molar-refractivity contribution in [2.75, 3.05) is 38.2 Å². The first-order valence-electron chi connectivity index (χ1n) is 10.3. The molecule has 3 aromatic rings. The zero-order valence-electron chi connectivity index (χ0n) is 18.3. The first kappa shape index (κ1) is 25.6. The molecule has 1 amide bonds. The summed E-state index contributed by atoms with van der Waals surface area (Å²) in [6, 6.07) is 7.89. The Morgan fingerprint density at radius 1 is 1.09 bits per heavy atom. The van der Waals surface area contributed by atoms with E-state index in [4.69, 9.17) is 39.5 Å². The van der Waals surface area contributed by atoms with Crippen LogP contribution in [0, 0.1) is 5.82 Å². The molecule has 8 nitrogen and oxygen atoms in total. The molecule has 1 fully saturated rings. The van der Waals surface area contributed by atoms with Crippen LogP contribution in [0.1, 0.15) is 10.4 Å². The number of rotatable bonds is 5. The van der Waals surface area contributed by atoms with Gasteiger partial charge in [-0.2, -0.15) is 0 Å². The van der Waals surface area contributed by atoms with Crippen molar-refractivity contribution in [3.05, 3.63) is 54.0 Å². The van der Waals surface area contributed by atoms with Crippen LogP contribution in [0.5, 0.6) is 5.75 Å². The zero-order valence-corrected chi connectivity index (χ0v) is 21.3. The van der Waals surface area contributed by atoms with E-state index in [1.165, 1.54) is 36.3 Å². The van der Waals surface area contributed by atoms with Gasteiger partial charge in [0.15, 0.2) is 6.29 Å². The standard InChI is InChI=1S/C22H19Cl3FN3O5S/c1-34-20-5-3-16(11-19(20)27-6-8-28(9-7-27)21(31)22(23,24)25)35(32,33)29-12-14(13-30)17-4-2-15(26)10-18(17)29/h2-5,10-13H,6-9H2,1H3. The summed E-state index contributed by atoms with van der Waals surface area (Å²) in [6.07, 6.45) is 1.68. The second-order valence-corrected chi connectivity index (χ2v) is 11.9. The van der Waals surface area contributed by atoms with Gasteiger partial charge in [-0.25, -0.2) is 16.8 Å². The van der Waals surface area contributed by atoms with Crippen LogP contribution in [0.3, 0.4) is 0 Å². The predicted molar refractivity (Wildman–Crippen MR) is 132 cm³/mol. The maximum absolute atomic E-state index is 13.9. The average Bonchev–Trinajstić information content (AvgIpc) is 3.21. The molecule has 0 unspecified atom stereocenters. The number of methoxy groups -OCH3 is 1. The molecule has 1 saturated heterocycles. The number of halogens is 4. The smallest absolute Gasteiger partial charge is 0.274 e. The van der Waals surface area contributed by atoms with Gasteiger partial charge in [0, 0.05) is 43.3 Å². The Balaban J connectivity index is 1.71. The third-order valence-electron chi connectivity index (χ3n) is 5.75. The number of ether oxygens (including phenoxy) is 1. The molecule has 186 valence electrons. The van der Waals surface area contributed by atoms with Gasteiger partial charge in [0.2, 0.25) is 0 Å². The summed E-state index contributed by atoms with van der Waals surface area (Å²) in [5, 5.41) is 0.313. The molecule has 0 radical (unpaired) electrons. The number of anilines is 1. The molecule has 4 rings (SSSR count). The lowest BCUT2D eigenvalue weighted by atomic mass is 10.2. The Morgan fingerprint density at radius 3 is 2.37 bits per heavy atom. The number of hydrogen-bond acceptors (Lipinski definition) is 6. The fourth-order valence-electron chi connectivity index (χ4n) is 4.01. The largest absolute Gasteiger partial charge is 0.495 e. The Labute approximate surface area is 215 Å². The molecular weight excluding hydrogens is 544 g/mol. The summed E-state index contributed by atoms with van der Waals surface area (Å²) in [7, 11) is -2.76. The number of piperazine rings is 1. The van der Waals surface area contributed by atoms with E-state index in [0.717, 1.165) is 22.3 Å². The molecular formula is C22H19Cl3FN3O5S. The van der Waals surface area contributed by atoms with Crippen LogP contribution >= 0.6 is 34.8 Å². The third-order valence-corrected chi connectivity index (χ3v) is 7.90. The highest BCUT2D eigenvalue weighted by Crippen LogP contribution is 2.35. The molecule has 1 aliphatic heterocycles. The molecule has 0 N–H and O–H groups in total. The van der Waals surface area contributed by atoms with Gasteiger partial charge in [0.05, 0.1) is 23.2 Å². The molecule has 0 aliphatic carbocycles. The van der Waals surface area contributed by atoms with Crippen LogP contribution < -0.4 is 9.64 Å². The van der Waals surface area contributed by atoms with Gasteiger partial charge in [-0.05, 0) is 36.4 Å². The van der Waals surface area contributed by atoms with Gasteiger partial charge in [0.25, 0.3) is 19.7 Å². The topological polar surface area (TPSA) is 88.9 Å². The fourth-order valence-corrected chi connectivity index (χ4v) is 5.76. The molecule has 1 aliphatic rings. The highest BCUT2D eigenvalue weighted by atomic mass is 35.6. The van der Waals surface area contributed by atoms with Gasteiger partial charge in [-0.3, -0.25) is 9.59 Å². The quantitative estimate of drug-likeness (QED) is 0.347. The van der Waals surface area contributed by atoms with E-state index >= 15 is 0 Å². The van der Waals surface area contributed by atoms with Crippen molar-refractivity contribution >= 4 is 73.6 Å². The van der Waals surface area contributed by atoms with Gasteiger partial charge in [-0.15, -0.1) is 0 Å². The summed E-state index contributed by atoms with van der Waals surface area (Å²) in [4.78, 5) is 26.9. The zero-order chi connectivity index (χ0) is 25.5. The number of hydrogen-bond donors (Lipinski definition) is 0. The molecule has 0 bridgehead atoms. The van der Waals surface area contributed by atoms with Crippen molar-refractivity contribution in [2.24, 2.45) is 0 Å². The molecule has 0 atom stereocenters. The lowest BCUT2D eigenvalue weighted by Crippen LogP contribution is -2.51. The summed E-state index contributed by atoms with van der Waals surface area (Å²) in [5.74, 6) is -0.854. The number of aldehydes is 1. The van der Waals surface area contributed by atoms with Crippen LogP contribution in [-0.4, -0.2) is 66.6 Å². The maximum Gasteiger partial charge on any atom is 0.274 e. The minimum Gasteiger partial charge on any atom is -0.495 e. The van der Waals surface area contributed by atoms with Crippen LogP contribution in [-0.2, 0) is 14.8 Å². The minimum absolute atomic E-state index is 0.0447. The molecule has 0 saturated carbocycles. The molecule has 13 heteroatoms. The van der Waals surface area contributed by atoms with Crippen molar-refractivity contribution in [3.8, 4) is 5.75 Å². The van der Waals surface area contributed by atoms with Gasteiger partial charge in [-0.1, -0.05) is 34.8 Å². The van der Waals surface area contributed by atoms with Crippen molar-refractivity contribution in [2.45, 2.75) is 8.69 Å². The van der Waals surface area contributed by atoms with Crippen LogP contribution in [0.15, 0.2) is 47.5 Å². The first-order chi connectivity index (χ1) is 16.5. The minimum atomic E-state index is -4.21. The van der Waals surface area contributed by atoms with Crippen LogP contribution in [0.2, 0.25) is 0 Å². The summed E-state index contributed by atoms with van der Waals surface area (Å²) < 4.78 is 45.3. The number of carbonyl (C=O) groups excluding carboxylic acids is 2. The van der Waals surface area contributed by atoms with E-state index < -0.39 is 25.5 Å². The SMILES string of the molecule is COc1ccc(S(=O)(=O)n2cc(C=O)c3ccc(F)cc32)cc1N1CCN(C(=O)C(Cl)(Cl)Cl)CC1. The second-order valence-electron chi connectivity index (χ2n) is 7.78. The molecule has 2 aromatic carbocycles. The van der Waals surface area contributed by atoms with E-state index in [-0.39, 0.29) is 29.1 Å². The van der Waals surface area contributed by atoms with Crippen molar-refractivity contribution in [3.63, 3.8) is 0 Å². The monoisotopic (exact) mass is 561 g/mol. The number of aromatic nitrogens is 1. The van der Waals surface area contributed by atoms with Crippen molar-refractivity contribution < 1.29 is 27.1 Å². The first-order valence-corrected chi connectivity index (χ1v) is 12.8. The Morgan fingerprint density at radius 2 is 1.77 bits per heavy atom. The molecule has 0 spiro atoms. The van der Waals surface area contributed by atoms with E-state index in [1.807, 2.05) is 4.90 Å². The van der Waals surface area contributed by atoms with E-state index in [1.54, 1.807) is 0 Å². The second kappa shape index (κ2) is 9.50.